The molecule has 0 aromatic rings. The second-order valence-electron chi connectivity index (χ2n) is 4.82. The van der Waals surface area contributed by atoms with Crippen molar-refractivity contribution in [2.24, 2.45) is 0 Å². The predicted octanol–water partition coefficient (Wildman–Crippen LogP) is 0.650. The van der Waals surface area contributed by atoms with E-state index in [1.807, 2.05) is 20.8 Å². The Morgan fingerprint density at radius 3 is 2.44 bits per heavy atom. The van der Waals surface area contributed by atoms with Gasteiger partial charge in [0.2, 0.25) is 0 Å². The van der Waals surface area contributed by atoms with Gasteiger partial charge in [0.25, 0.3) is 0 Å². The van der Waals surface area contributed by atoms with Crippen LogP contribution in [-0.4, -0.2) is 48.7 Å². The van der Waals surface area contributed by atoms with Gasteiger partial charge in [0.05, 0.1) is 6.61 Å². The largest absolute Gasteiger partial charge is 0.393 e. The molecule has 0 saturated carbocycles. The molecular formula is C11H20O5. The third-order valence-electron chi connectivity index (χ3n) is 3.37. The predicted molar refractivity (Wildman–Crippen MR) is 55.8 cm³/mol. The minimum atomic E-state index is -0.709. The van der Waals surface area contributed by atoms with Gasteiger partial charge >= 0.3 is 0 Å². The smallest absolute Gasteiger partial charge is 0.187 e. The number of hydrogen-bond acceptors (Lipinski definition) is 5. The van der Waals surface area contributed by atoms with E-state index in [0.29, 0.717) is 6.42 Å². The molecule has 0 amide bonds. The normalized spacial score (nSPS) is 45.9. The molecule has 0 aromatic heterocycles. The second-order valence-corrected chi connectivity index (χ2v) is 4.82. The molecule has 0 aliphatic carbocycles. The van der Waals surface area contributed by atoms with E-state index < -0.39 is 17.7 Å². The van der Waals surface area contributed by atoms with E-state index in [1.54, 1.807) is 7.11 Å². The molecular weight excluding hydrogens is 212 g/mol. The van der Waals surface area contributed by atoms with Crippen LogP contribution in [-0.2, 0) is 18.9 Å². The van der Waals surface area contributed by atoms with Crippen molar-refractivity contribution in [2.75, 3.05) is 13.7 Å². The van der Waals surface area contributed by atoms with E-state index in [0.717, 1.165) is 0 Å². The second kappa shape index (κ2) is 3.92. The third-order valence-corrected chi connectivity index (χ3v) is 3.37. The fourth-order valence-electron chi connectivity index (χ4n) is 2.47. The number of hydrogen-bond donors (Lipinski definition) is 1. The zero-order valence-electron chi connectivity index (χ0n) is 10.2. The maximum atomic E-state index is 9.53. The molecule has 0 aromatic carbocycles. The van der Waals surface area contributed by atoms with E-state index in [4.69, 9.17) is 18.9 Å². The summed E-state index contributed by atoms with van der Waals surface area (Å²) in [6.45, 7) is 5.58. The van der Waals surface area contributed by atoms with Crippen LogP contribution in [0.4, 0.5) is 0 Å². The SMILES string of the molecule is CC[C@]1(CO)O[C@@H](OC)C2OC(C)(C)O[C@H]21. The van der Waals surface area contributed by atoms with Gasteiger partial charge in [0.1, 0.15) is 17.8 Å². The summed E-state index contributed by atoms with van der Waals surface area (Å²) in [7, 11) is 1.57. The molecule has 1 unspecified atom stereocenters. The van der Waals surface area contributed by atoms with Gasteiger partial charge in [-0.2, -0.15) is 0 Å². The molecule has 1 N–H and O–H groups in total. The van der Waals surface area contributed by atoms with Crippen molar-refractivity contribution in [3.63, 3.8) is 0 Å². The number of methoxy groups -OCH3 is 1. The first-order valence-electron chi connectivity index (χ1n) is 5.65. The van der Waals surface area contributed by atoms with Crippen molar-refractivity contribution in [1.29, 1.82) is 0 Å². The van der Waals surface area contributed by atoms with Gasteiger partial charge in [-0.15, -0.1) is 0 Å². The van der Waals surface area contributed by atoms with E-state index in [9.17, 15) is 5.11 Å². The fourth-order valence-corrected chi connectivity index (χ4v) is 2.47. The molecule has 2 aliphatic heterocycles. The number of fused-ring (bicyclic) bond motifs is 1. The topological polar surface area (TPSA) is 57.2 Å². The van der Waals surface area contributed by atoms with Crippen LogP contribution >= 0.6 is 0 Å². The van der Waals surface area contributed by atoms with Gasteiger partial charge in [-0.25, -0.2) is 0 Å². The monoisotopic (exact) mass is 232 g/mol. The molecule has 0 bridgehead atoms. The summed E-state index contributed by atoms with van der Waals surface area (Å²) >= 11 is 0. The van der Waals surface area contributed by atoms with E-state index >= 15 is 0 Å². The molecule has 2 aliphatic rings. The minimum absolute atomic E-state index is 0.0933. The maximum absolute atomic E-state index is 9.53. The highest BCUT2D eigenvalue weighted by Gasteiger charge is 2.62. The molecule has 4 atom stereocenters. The van der Waals surface area contributed by atoms with Crippen molar-refractivity contribution in [2.45, 2.75) is 57.1 Å². The number of rotatable bonds is 3. The Hall–Kier alpha value is -0.200. The number of ether oxygens (including phenoxy) is 4. The van der Waals surface area contributed by atoms with Gasteiger partial charge in [-0.3, -0.25) is 0 Å². The lowest BCUT2D eigenvalue weighted by atomic mass is 9.93. The van der Waals surface area contributed by atoms with Crippen molar-refractivity contribution >= 4 is 0 Å². The summed E-state index contributed by atoms with van der Waals surface area (Å²) < 4.78 is 22.5. The molecule has 2 fully saturated rings. The van der Waals surface area contributed by atoms with Crippen LogP contribution in [0.15, 0.2) is 0 Å². The Labute approximate surface area is 95.6 Å². The molecule has 5 heteroatoms. The van der Waals surface area contributed by atoms with Crippen molar-refractivity contribution in [3.05, 3.63) is 0 Å². The van der Waals surface area contributed by atoms with Gasteiger partial charge in [0.15, 0.2) is 12.1 Å². The van der Waals surface area contributed by atoms with Crippen LogP contribution in [0.5, 0.6) is 0 Å². The summed E-state index contributed by atoms with van der Waals surface area (Å²) in [5.41, 5.74) is -0.709. The van der Waals surface area contributed by atoms with Crippen molar-refractivity contribution < 1.29 is 24.1 Å². The van der Waals surface area contributed by atoms with Gasteiger partial charge in [-0.05, 0) is 20.3 Å². The fraction of sp³-hybridized carbons (Fsp3) is 1.00. The summed E-state index contributed by atoms with van der Waals surface area (Å²) in [6.07, 6.45) is -0.363. The first-order chi connectivity index (χ1) is 7.48. The Morgan fingerprint density at radius 2 is 1.94 bits per heavy atom. The molecule has 16 heavy (non-hydrogen) atoms. The van der Waals surface area contributed by atoms with Crippen molar-refractivity contribution in [1.82, 2.24) is 0 Å². The van der Waals surface area contributed by atoms with Gasteiger partial charge in [0, 0.05) is 7.11 Å². The Balaban J connectivity index is 2.26. The molecule has 2 heterocycles. The maximum Gasteiger partial charge on any atom is 0.187 e. The van der Waals surface area contributed by atoms with E-state index in [2.05, 4.69) is 0 Å². The van der Waals surface area contributed by atoms with E-state index in [-0.39, 0.29) is 18.8 Å². The first-order valence-corrected chi connectivity index (χ1v) is 5.65. The highest BCUT2D eigenvalue weighted by atomic mass is 16.8. The Bertz CT molecular complexity index is 261. The molecule has 2 rings (SSSR count). The summed E-state index contributed by atoms with van der Waals surface area (Å²) in [5.74, 6) is -0.647. The Morgan fingerprint density at radius 1 is 1.25 bits per heavy atom. The quantitative estimate of drug-likeness (QED) is 0.774. The third kappa shape index (κ3) is 1.67. The molecule has 94 valence electrons. The highest BCUT2D eigenvalue weighted by molar-refractivity contribution is 5.04. The first kappa shape index (κ1) is 12.3. The number of aliphatic hydroxyl groups is 1. The zero-order chi connectivity index (χ0) is 12.0. The average molecular weight is 232 g/mol. The van der Waals surface area contributed by atoms with Crippen LogP contribution in [0, 0.1) is 0 Å². The molecule has 2 saturated heterocycles. The minimum Gasteiger partial charge on any atom is -0.393 e. The standard InChI is InChI=1S/C11H20O5/c1-5-11(6-12)8-7(9(13-4)16-11)14-10(2,3)15-8/h7-9,12H,5-6H2,1-4H3/t7?,8-,9-,11-/m1/s1. The molecule has 0 spiro atoms. The van der Waals surface area contributed by atoms with Crippen LogP contribution in [0.3, 0.4) is 0 Å². The molecule has 5 nitrogen and oxygen atoms in total. The van der Waals surface area contributed by atoms with Gasteiger partial charge in [-0.1, -0.05) is 6.92 Å². The summed E-state index contributed by atoms with van der Waals surface area (Å²) in [6, 6.07) is 0. The average Bonchev–Trinajstić information content (AvgIpc) is 2.70. The van der Waals surface area contributed by atoms with Crippen LogP contribution in [0.25, 0.3) is 0 Å². The highest BCUT2D eigenvalue weighted by Crippen LogP contribution is 2.45. The van der Waals surface area contributed by atoms with Crippen LogP contribution in [0.2, 0.25) is 0 Å². The van der Waals surface area contributed by atoms with Crippen molar-refractivity contribution in [3.8, 4) is 0 Å². The number of aliphatic hydroxyl groups excluding tert-OH is 1. The Kier molecular flexibility index (Phi) is 3.01. The van der Waals surface area contributed by atoms with Crippen LogP contribution < -0.4 is 0 Å². The zero-order valence-corrected chi connectivity index (χ0v) is 10.2. The lowest BCUT2D eigenvalue weighted by molar-refractivity contribution is -0.256. The summed E-state index contributed by atoms with van der Waals surface area (Å²) in [4.78, 5) is 0. The lowest BCUT2D eigenvalue weighted by Crippen LogP contribution is -2.45. The van der Waals surface area contributed by atoms with Gasteiger partial charge < -0.3 is 24.1 Å². The van der Waals surface area contributed by atoms with E-state index in [1.165, 1.54) is 0 Å². The lowest BCUT2D eigenvalue weighted by Gasteiger charge is -2.31. The summed E-state index contributed by atoms with van der Waals surface area (Å²) in [5, 5.41) is 9.53. The molecule has 0 radical (unpaired) electrons. The van der Waals surface area contributed by atoms with Crippen LogP contribution in [0.1, 0.15) is 27.2 Å².